The lowest BCUT2D eigenvalue weighted by atomic mass is 9.99. The lowest BCUT2D eigenvalue weighted by molar-refractivity contribution is -0.140. The maximum atomic E-state index is 13.8. The number of carboxylic acids is 1. The average molecular weight is 379 g/mol. The fourth-order valence-corrected chi connectivity index (χ4v) is 2.75. The van der Waals surface area contributed by atoms with Crippen LogP contribution in [0.1, 0.15) is 24.5 Å². The van der Waals surface area contributed by atoms with Gasteiger partial charge in [-0.3, -0.25) is 9.59 Å². The Morgan fingerprint density at radius 1 is 1.04 bits per heavy atom. The average Bonchev–Trinajstić information content (AvgIpc) is 2.62. The van der Waals surface area contributed by atoms with E-state index in [1.54, 1.807) is 25.1 Å². The Kier molecular flexibility index (Phi) is 6.98. The summed E-state index contributed by atoms with van der Waals surface area (Å²) in [6, 6.07) is 9.35. The van der Waals surface area contributed by atoms with Crippen LogP contribution in [0.25, 0.3) is 0 Å². The maximum Gasteiger partial charge on any atom is 0.305 e. The zero-order chi connectivity index (χ0) is 20.0. The second-order valence-corrected chi connectivity index (χ2v) is 6.35. The zero-order valence-corrected chi connectivity index (χ0v) is 14.8. The third-order valence-electron chi connectivity index (χ3n) is 4.17. The largest absolute Gasteiger partial charge is 0.481 e. The highest BCUT2D eigenvalue weighted by molar-refractivity contribution is 5.79. The summed E-state index contributed by atoms with van der Waals surface area (Å²) in [6.45, 7) is 1.47. The topological polar surface area (TPSA) is 57.6 Å². The van der Waals surface area contributed by atoms with Crippen molar-refractivity contribution in [1.82, 2.24) is 4.90 Å². The van der Waals surface area contributed by atoms with Crippen LogP contribution in [0.3, 0.4) is 0 Å². The molecule has 0 spiro atoms. The summed E-state index contributed by atoms with van der Waals surface area (Å²) < 4.78 is 40.3. The van der Waals surface area contributed by atoms with Gasteiger partial charge >= 0.3 is 5.97 Å². The van der Waals surface area contributed by atoms with Crippen molar-refractivity contribution in [2.75, 3.05) is 6.54 Å². The predicted octanol–water partition coefficient (Wildman–Crippen LogP) is 3.79. The summed E-state index contributed by atoms with van der Waals surface area (Å²) in [4.78, 5) is 24.9. The van der Waals surface area contributed by atoms with Gasteiger partial charge in [-0.2, -0.15) is 0 Å². The molecule has 144 valence electrons. The molecule has 0 saturated heterocycles. The highest BCUT2D eigenvalue weighted by atomic mass is 19.2. The molecule has 1 unspecified atom stereocenters. The fourth-order valence-electron chi connectivity index (χ4n) is 2.75. The van der Waals surface area contributed by atoms with Gasteiger partial charge in [0.1, 0.15) is 5.82 Å². The van der Waals surface area contributed by atoms with Crippen LogP contribution < -0.4 is 0 Å². The van der Waals surface area contributed by atoms with Crippen molar-refractivity contribution < 1.29 is 27.9 Å². The van der Waals surface area contributed by atoms with Crippen molar-refractivity contribution in [3.63, 3.8) is 0 Å². The third kappa shape index (κ3) is 5.84. The van der Waals surface area contributed by atoms with Crippen molar-refractivity contribution >= 4 is 11.9 Å². The number of carboxylic acid groups (broad SMARTS) is 1. The summed E-state index contributed by atoms with van der Waals surface area (Å²) in [5.41, 5.74) is 0.718. The van der Waals surface area contributed by atoms with Gasteiger partial charge < -0.3 is 10.0 Å². The molecule has 27 heavy (non-hydrogen) atoms. The number of halogens is 3. The molecule has 7 heteroatoms. The Morgan fingerprint density at radius 3 is 2.37 bits per heavy atom. The van der Waals surface area contributed by atoms with Crippen LogP contribution in [-0.4, -0.2) is 28.4 Å². The van der Waals surface area contributed by atoms with Crippen molar-refractivity contribution in [3.8, 4) is 0 Å². The Balaban J connectivity index is 2.15. The first kappa shape index (κ1) is 20.5. The van der Waals surface area contributed by atoms with Gasteiger partial charge in [-0.05, 0) is 35.7 Å². The van der Waals surface area contributed by atoms with E-state index in [-0.39, 0.29) is 31.8 Å². The predicted molar refractivity (Wildman–Crippen MR) is 93.3 cm³/mol. The van der Waals surface area contributed by atoms with Crippen LogP contribution in [0.4, 0.5) is 13.2 Å². The summed E-state index contributed by atoms with van der Waals surface area (Å²) in [5, 5.41) is 8.90. The third-order valence-corrected chi connectivity index (χ3v) is 4.17. The molecule has 4 nitrogen and oxygen atoms in total. The SMILES string of the molecule is CC(Cc1ccccc1F)C(=O)N(CCC(=O)O)Cc1ccc(F)c(F)c1. The molecule has 2 aromatic rings. The number of rotatable bonds is 8. The molecule has 2 aromatic carbocycles. The zero-order valence-electron chi connectivity index (χ0n) is 14.8. The molecule has 1 atom stereocenters. The lowest BCUT2D eigenvalue weighted by Gasteiger charge is -2.26. The van der Waals surface area contributed by atoms with Gasteiger partial charge in [-0.1, -0.05) is 31.2 Å². The Hall–Kier alpha value is -2.83. The first-order valence-corrected chi connectivity index (χ1v) is 8.46. The number of aliphatic carboxylic acids is 1. The fraction of sp³-hybridized carbons (Fsp3) is 0.300. The van der Waals surface area contributed by atoms with Gasteiger partial charge in [0.05, 0.1) is 6.42 Å². The first-order chi connectivity index (χ1) is 12.8. The van der Waals surface area contributed by atoms with Crippen LogP contribution >= 0.6 is 0 Å². The van der Waals surface area contributed by atoms with Gasteiger partial charge in [-0.15, -0.1) is 0 Å². The molecule has 0 bridgehead atoms. The van der Waals surface area contributed by atoms with Gasteiger partial charge in [0.25, 0.3) is 0 Å². The second kappa shape index (κ2) is 9.21. The maximum absolute atomic E-state index is 13.8. The highest BCUT2D eigenvalue weighted by Gasteiger charge is 2.23. The van der Waals surface area contributed by atoms with Gasteiger partial charge in [-0.25, -0.2) is 13.2 Å². The van der Waals surface area contributed by atoms with E-state index in [9.17, 15) is 22.8 Å². The van der Waals surface area contributed by atoms with Gasteiger partial charge in [0.2, 0.25) is 5.91 Å². The normalized spacial score (nSPS) is 11.9. The second-order valence-electron chi connectivity index (χ2n) is 6.35. The van der Waals surface area contributed by atoms with E-state index in [0.29, 0.717) is 11.1 Å². The standard InChI is InChI=1S/C20H20F3NO3/c1-13(10-15-4-2-3-5-16(15)21)20(27)24(9-8-19(25)26)12-14-6-7-17(22)18(23)11-14/h2-7,11,13H,8-10,12H2,1H3,(H,25,26). The summed E-state index contributed by atoms with van der Waals surface area (Å²) in [6.07, 6.45) is -0.144. The molecule has 1 N–H and O–H groups in total. The Morgan fingerprint density at radius 2 is 1.74 bits per heavy atom. The number of hydrogen-bond donors (Lipinski definition) is 1. The van der Waals surface area contributed by atoms with Crippen LogP contribution in [0.15, 0.2) is 42.5 Å². The smallest absolute Gasteiger partial charge is 0.305 e. The van der Waals surface area contributed by atoms with E-state index >= 15 is 0 Å². The quantitative estimate of drug-likeness (QED) is 0.759. The number of hydrogen-bond acceptors (Lipinski definition) is 2. The van der Waals surface area contributed by atoms with E-state index in [1.807, 2.05) is 0 Å². The molecule has 0 heterocycles. The molecule has 0 aliphatic carbocycles. The number of nitrogens with zero attached hydrogens (tertiary/aromatic N) is 1. The van der Waals surface area contributed by atoms with E-state index in [4.69, 9.17) is 5.11 Å². The number of carbonyl (C=O) groups excluding carboxylic acids is 1. The highest BCUT2D eigenvalue weighted by Crippen LogP contribution is 2.17. The molecular formula is C20H20F3NO3. The van der Waals surface area contributed by atoms with Crippen molar-refractivity contribution in [1.29, 1.82) is 0 Å². The molecule has 2 rings (SSSR count). The van der Waals surface area contributed by atoms with Crippen LogP contribution in [0, 0.1) is 23.4 Å². The number of benzene rings is 2. The summed E-state index contributed by atoms with van der Waals surface area (Å²) >= 11 is 0. The van der Waals surface area contributed by atoms with E-state index in [2.05, 4.69) is 0 Å². The molecule has 0 aliphatic heterocycles. The first-order valence-electron chi connectivity index (χ1n) is 8.46. The Labute approximate surface area is 155 Å². The number of carbonyl (C=O) groups is 2. The molecule has 0 aliphatic rings. The van der Waals surface area contributed by atoms with Gasteiger partial charge in [0.15, 0.2) is 11.6 Å². The lowest BCUT2D eigenvalue weighted by Crippen LogP contribution is -2.37. The molecule has 1 amide bonds. The van der Waals surface area contributed by atoms with Crippen molar-refractivity contribution in [2.24, 2.45) is 5.92 Å². The van der Waals surface area contributed by atoms with Crippen molar-refractivity contribution in [2.45, 2.75) is 26.3 Å². The van der Waals surface area contributed by atoms with Crippen LogP contribution in [-0.2, 0) is 22.6 Å². The summed E-state index contributed by atoms with van der Waals surface area (Å²) in [5.74, 6) is -4.55. The van der Waals surface area contributed by atoms with E-state index in [0.717, 1.165) is 12.1 Å². The van der Waals surface area contributed by atoms with Crippen LogP contribution in [0.5, 0.6) is 0 Å². The minimum Gasteiger partial charge on any atom is -0.481 e. The minimum absolute atomic E-state index is 0.0646. The number of amides is 1. The van der Waals surface area contributed by atoms with E-state index in [1.165, 1.54) is 17.0 Å². The molecule has 0 aromatic heterocycles. The monoisotopic (exact) mass is 379 g/mol. The molecular weight excluding hydrogens is 359 g/mol. The molecule has 0 fully saturated rings. The Bertz CT molecular complexity index is 826. The summed E-state index contributed by atoms with van der Waals surface area (Å²) in [7, 11) is 0. The van der Waals surface area contributed by atoms with Crippen molar-refractivity contribution in [3.05, 3.63) is 71.0 Å². The van der Waals surface area contributed by atoms with Gasteiger partial charge in [0, 0.05) is 19.0 Å². The molecule has 0 radical (unpaired) electrons. The van der Waals surface area contributed by atoms with Crippen LogP contribution in [0.2, 0.25) is 0 Å². The minimum atomic E-state index is -1.08. The van der Waals surface area contributed by atoms with E-state index < -0.39 is 29.3 Å². The molecule has 0 saturated carbocycles.